The molecule has 22 heavy (non-hydrogen) atoms. The number of rotatable bonds is 2. The smallest absolute Gasteiger partial charge is 0.194 e. The molecule has 0 saturated heterocycles. The molecule has 1 aromatic carbocycles. The van der Waals surface area contributed by atoms with Crippen LogP contribution in [0.1, 0.15) is 62.8 Å². The van der Waals surface area contributed by atoms with E-state index < -0.39 is 17.5 Å². The molecule has 2 aliphatic rings. The molecule has 4 heteroatoms. The van der Waals surface area contributed by atoms with Crippen molar-refractivity contribution in [2.75, 3.05) is 0 Å². The Morgan fingerprint density at radius 1 is 0.727 bits per heavy atom. The van der Waals surface area contributed by atoms with Crippen LogP contribution in [-0.2, 0) is 0 Å². The number of aliphatic hydroxyl groups is 1. The first-order valence-electron chi connectivity index (χ1n) is 8.37. The zero-order valence-corrected chi connectivity index (χ0v) is 12.7. The van der Waals surface area contributed by atoms with Crippen LogP contribution in [-0.4, -0.2) is 11.2 Å². The SMILES string of the molecule is O[C@H]1CC[C@H](C2CCC(c3cc(F)c(F)c(F)c3)CC2)CC1. The van der Waals surface area contributed by atoms with Crippen molar-refractivity contribution in [1.29, 1.82) is 0 Å². The van der Waals surface area contributed by atoms with Gasteiger partial charge in [-0.2, -0.15) is 0 Å². The molecule has 2 fully saturated rings. The van der Waals surface area contributed by atoms with Crippen molar-refractivity contribution in [3.63, 3.8) is 0 Å². The van der Waals surface area contributed by atoms with Gasteiger partial charge in [-0.15, -0.1) is 0 Å². The van der Waals surface area contributed by atoms with Crippen LogP contribution in [0, 0.1) is 29.3 Å². The molecule has 122 valence electrons. The van der Waals surface area contributed by atoms with Crippen LogP contribution in [0.15, 0.2) is 12.1 Å². The third-order valence-electron chi connectivity index (χ3n) is 5.66. The summed E-state index contributed by atoms with van der Waals surface area (Å²) in [7, 11) is 0. The Hall–Kier alpha value is -1.03. The van der Waals surface area contributed by atoms with Crippen LogP contribution in [0.4, 0.5) is 13.2 Å². The molecular weight excluding hydrogens is 289 g/mol. The van der Waals surface area contributed by atoms with Gasteiger partial charge in [0.1, 0.15) is 0 Å². The topological polar surface area (TPSA) is 20.2 Å². The summed E-state index contributed by atoms with van der Waals surface area (Å²) in [6.45, 7) is 0. The third-order valence-corrected chi connectivity index (χ3v) is 5.66. The maximum Gasteiger partial charge on any atom is 0.194 e. The largest absolute Gasteiger partial charge is 0.393 e. The highest BCUT2D eigenvalue weighted by Gasteiger charge is 2.31. The number of hydrogen-bond donors (Lipinski definition) is 1. The summed E-state index contributed by atoms with van der Waals surface area (Å²) in [6, 6.07) is 2.31. The Labute approximate surface area is 129 Å². The highest BCUT2D eigenvalue weighted by Crippen LogP contribution is 2.43. The van der Waals surface area contributed by atoms with Crippen LogP contribution in [0.5, 0.6) is 0 Å². The maximum atomic E-state index is 13.4. The standard InChI is InChI=1S/C18H23F3O/c19-16-9-14(10-17(20)18(16)21)13-3-1-11(2-4-13)12-5-7-15(22)8-6-12/h9-13,15,22H,1-8H2/t11?,12-,13?,15-. The predicted molar refractivity (Wildman–Crippen MR) is 79.0 cm³/mol. The minimum absolute atomic E-state index is 0.127. The van der Waals surface area contributed by atoms with E-state index in [1.54, 1.807) is 0 Å². The fraction of sp³-hybridized carbons (Fsp3) is 0.667. The predicted octanol–water partition coefficient (Wildman–Crippen LogP) is 4.93. The van der Waals surface area contributed by atoms with Gasteiger partial charge < -0.3 is 5.11 Å². The van der Waals surface area contributed by atoms with Gasteiger partial charge in [-0.25, -0.2) is 13.2 Å². The van der Waals surface area contributed by atoms with Crippen LogP contribution in [0.2, 0.25) is 0 Å². The van der Waals surface area contributed by atoms with Crippen molar-refractivity contribution in [1.82, 2.24) is 0 Å². The number of hydrogen-bond acceptors (Lipinski definition) is 1. The molecule has 0 bridgehead atoms. The van der Waals surface area contributed by atoms with Gasteiger partial charge >= 0.3 is 0 Å². The fourth-order valence-electron chi connectivity index (χ4n) is 4.31. The van der Waals surface area contributed by atoms with Gasteiger partial charge in [-0.05, 0) is 86.8 Å². The van der Waals surface area contributed by atoms with E-state index in [2.05, 4.69) is 0 Å². The van der Waals surface area contributed by atoms with E-state index in [1.807, 2.05) is 0 Å². The van der Waals surface area contributed by atoms with Gasteiger partial charge in [-0.1, -0.05) is 0 Å². The first-order valence-corrected chi connectivity index (χ1v) is 8.37. The molecule has 0 unspecified atom stereocenters. The molecule has 1 N–H and O–H groups in total. The first kappa shape index (κ1) is 15.9. The van der Waals surface area contributed by atoms with Crippen LogP contribution < -0.4 is 0 Å². The molecular formula is C18H23F3O. The van der Waals surface area contributed by atoms with Gasteiger partial charge in [-0.3, -0.25) is 0 Å². The Bertz CT molecular complexity index is 492. The van der Waals surface area contributed by atoms with Crippen molar-refractivity contribution in [2.45, 2.75) is 63.4 Å². The first-order chi connectivity index (χ1) is 10.5. The quantitative estimate of drug-likeness (QED) is 0.768. The van der Waals surface area contributed by atoms with E-state index in [9.17, 15) is 18.3 Å². The van der Waals surface area contributed by atoms with E-state index >= 15 is 0 Å². The van der Waals surface area contributed by atoms with E-state index in [-0.39, 0.29) is 12.0 Å². The van der Waals surface area contributed by atoms with Crippen molar-refractivity contribution >= 4 is 0 Å². The van der Waals surface area contributed by atoms with Crippen LogP contribution in [0.25, 0.3) is 0 Å². The van der Waals surface area contributed by atoms with E-state index in [0.29, 0.717) is 17.4 Å². The van der Waals surface area contributed by atoms with E-state index in [1.165, 1.54) is 0 Å². The summed E-state index contributed by atoms with van der Waals surface area (Å²) >= 11 is 0. The second kappa shape index (κ2) is 6.61. The summed E-state index contributed by atoms with van der Waals surface area (Å²) in [5, 5.41) is 9.59. The maximum absolute atomic E-state index is 13.4. The molecule has 0 atom stereocenters. The zero-order valence-electron chi connectivity index (χ0n) is 12.7. The fourth-order valence-corrected chi connectivity index (χ4v) is 4.31. The zero-order chi connectivity index (χ0) is 15.7. The van der Waals surface area contributed by atoms with Gasteiger partial charge in [0.25, 0.3) is 0 Å². The van der Waals surface area contributed by atoms with Gasteiger partial charge in [0.2, 0.25) is 0 Å². The Morgan fingerprint density at radius 3 is 1.68 bits per heavy atom. The highest BCUT2D eigenvalue weighted by molar-refractivity contribution is 5.23. The average Bonchev–Trinajstić information content (AvgIpc) is 2.53. The Morgan fingerprint density at radius 2 is 1.18 bits per heavy atom. The third kappa shape index (κ3) is 3.32. The van der Waals surface area contributed by atoms with Gasteiger partial charge in [0.15, 0.2) is 17.5 Å². The molecule has 1 nitrogen and oxygen atoms in total. The molecule has 1 aromatic rings. The molecule has 3 rings (SSSR count). The second-order valence-electron chi connectivity index (χ2n) is 6.98. The van der Waals surface area contributed by atoms with Crippen molar-refractivity contribution in [3.8, 4) is 0 Å². The molecule has 0 aliphatic heterocycles. The minimum atomic E-state index is -1.38. The molecule has 0 radical (unpaired) electrons. The lowest BCUT2D eigenvalue weighted by molar-refractivity contribution is 0.0805. The molecule has 0 aromatic heterocycles. The van der Waals surface area contributed by atoms with Crippen molar-refractivity contribution in [2.24, 2.45) is 11.8 Å². The summed E-state index contributed by atoms with van der Waals surface area (Å²) in [5.74, 6) is -2.06. The van der Waals surface area contributed by atoms with Gasteiger partial charge in [0.05, 0.1) is 6.10 Å². The lowest BCUT2D eigenvalue weighted by atomic mass is 9.69. The number of halogens is 3. The summed E-state index contributed by atoms with van der Waals surface area (Å²) in [6.07, 6.45) is 7.81. The molecule has 0 amide bonds. The highest BCUT2D eigenvalue weighted by atomic mass is 19.2. The lowest BCUT2D eigenvalue weighted by Crippen LogP contribution is -2.27. The lowest BCUT2D eigenvalue weighted by Gasteiger charge is -2.37. The summed E-state index contributed by atoms with van der Waals surface area (Å²) in [4.78, 5) is 0. The molecule has 0 heterocycles. The van der Waals surface area contributed by atoms with Crippen LogP contribution >= 0.6 is 0 Å². The van der Waals surface area contributed by atoms with Crippen LogP contribution in [0.3, 0.4) is 0 Å². The Kier molecular flexibility index (Phi) is 4.76. The summed E-state index contributed by atoms with van der Waals surface area (Å²) < 4.78 is 39.8. The normalized spacial score (nSPS) is 32.9. The monoisotopic (exact) mass is 312 g/mol. The number of aliphatic hydroxyl groups excluding tert-OH is 1. The summed E-state index contributed by atoms with van der Waals surface area (Å²) in [5.41, 5.74) is 0.592. The minimum Gasteiger partial charge on any atom is -0.393 e. The van der Waals surface area contributed by atoms with E-state index in [0.717, 1.165) is 63.5 Å². The molecule has 2 aliphatic carbocycles. The van der Waals surface area contributed by atoms with Crippen molar-refractivity contribution < 1.29 is 18.3 Å². The average molecular weight is 312 g/mol. The van der Waals surface area contributed by atoms with Crippen molar-refractivity contribution in [3.05, 3.63) is 35.1 Å². The molecule has 2 saturated carbocycles. The second-order valence-corrected chi connectivity index (χ2v) is 6.98. The van der Waals surface area contributed by atoms with E-state index in [4.69, 9.17) is 0 Å². The number of benzene rings is 1. The Balaban J connectivity index is 1.60. The molecule has 0 spiro atoms. The van der Waals surface area contributed by atoms with Gasteiger partial charge in [0, 0.05) is 0 Å².